The molecule has 4 atom stereocenters. The van der Waals surface area contributed by atoms with E-state index in [4.69, 9.17) is 0 Å². The second kappa shape index (κ2) is 4.17. The highest BCUT2D eigenvalue weighted by Crippen LogP contribution is 2.57. The van der Waals surface area contributed by atoms with Crippen molar-refractivity contribution < 1.29 is 9.90 Å². The summed E-state index contributed by atoms with van der Waals surface area (Å²) >= 11 is 0. The summed E-state index contributed by atoms with van der Waals surface area (Å²) in [5.74, 6) is 1.48. The number of hydrogen-bond donors (Lipinski definition) is 1. The highest BCUT2D eigenvalue weighted by atomic mass is 16.3. The molecule has 106 valence electrons. The quantitative estimate of drug-likeness (QED) is 0.733. The first-order valence-electron chi connectivity index (χ1n) is 7.94. The van der Waals surface area contributed by atoms with Gasteiger partial charge in [-0.05, 0) is 66.7 Å². The Labute approximate surface area is 120 Å². The van der Waals surface area contributed by atoms with Gasteiger partial charge in [-0.1, -0.05) is 19.1 Å². The van der Waals surface area contributed by atoms with Crippen LogP contribution in [0.4, 0.5) is 0 Å². The molecule has 2 nitrogen and oxygen atoms in total. The van der Waals surface area contributed by atoms with Crippen LogP contribution in [0.15, 0.2) is 34.9 Å². The lowest BCUT2D eigenvalue weighted by molar-refractivity contribution is -0.114. The first-order chi connectivity index (χ1) is 9.59. The Bertz CT molecular complexity index is 566. The van der Waals surface area contributed by atoms with Crippen molar-refractivity contribution in [3.05, 3.63) is 34.9 Å². The summed E-state index contributed by atoms with van der Waals surface area (Å²) in [6, 6.07) is 0. The lowest BCUT2D eigenvalue weighted by atomic mass is 9.60. The number of allylic oxidation sites excluding steroid dienone is 5. The third-order valence-electron chi connectivity index (χ3n) is 6.19. The fourth-order valence-corrected chi connectivity index (χ4v) is 4.99. The van der Waals surface area contributed by atoms with Gasteiger partial charge in [0.15, 0.2) is 5.78 Å². The van der Waals surface area contributed by atoms with Crippen molar-refractivity contribution in [3.63, 3.8) is 0 Å². The van der Waals surface area contributed by atoms with Gasteiger partial charge in [-0.25, -0.2) is 0 Å². The molecule has 0 unspecified atom stereocenters. The molecule has 0 bridgehead atoms. The summed E-state index contributed by atoms with van der Waals surface area (Å²) in [7, 11) is 0. The molecular weight excluding hydrogens is 248 g/mol. The van der Waals surface area contributed by atoms with E-state index >= 15 is 0 Å². The molecule has 1 fully saturated rings. The average molecular weight is 270 g/mol. The SMILES string of the molecule is C[C@]12C=CC3=C4CCC(=O)C=C4CC[C@@H]3[C@@H]1CC[C@H]2O. The van der Waals surface area contributed by atoms with Crippen molar-refractivity contribution in [2.24, 2.45) is 17.3 Å². The van der Waals surface area contributed by atoms with Crippen molar-refractivity contribution in [3.8, 4) is 0 Å². The molecule has 4 aliphatic rings. The molecule has 1 N–H and O–H groups in total. The molecule has 0 aromatic rings. The Hall–Kier alpha value is -1.15. The molecular formula is C18H22O2. The van der Waals surface area contributed by atoms with E-state index in [1.165, 1.54) is 16.7 Å². The van der Waals surface area contributed by atoms with Crippen LogP contribution in [-0.4, -0.2) is 17.0 Å². The van der Waals surface area contributed by atoms with E-state index in [1.54, 1.807) is 0 Å². The number of aliphatic hydroxyl groups excluding tert-OH is 1. The van der Waals surface area contributed by atoms with Crippen LogP contribution in [0.5, 0.6) is 0 Å². The van der Waals surface area contributed by atoms with Gasteiger partial charge in [-0.15, -0.1) is 0 Å². The Kier molecular flexibility index (Phi) is 2.62. The van der Waals surface area contributed by atoms with E-state index in [1.807, 2.05) is 6.08 Å². The molecule has 2 heteroatoms. The molecule has 4 rings (SSSR count). The standard InChI is InChI=1S/C18H22O2/c1-18-9-8-14-13-5-3-12(19)10-11(13)2-4-15(14)16(18)6-7-17(18)20/h8-10,15-17,20H,2-7H2,1H3/t15-,16-,17+,18-/m0/s1. The zero-order chi connectivity index (χ0) is 13.9. The van der Waals surface area contributed by atoms with Crippen LogP contribution in [0.25, 0.3) is 0 Å². The summed E-state index contributed by atoms with van der Waals surface area (Å²) in [5.41, 5.74) is 4.19. The molecule has 0 amide bonds. The number of hydrogen-bond acceptors (Lipinski definition) is 2. The molecule has 0 aromatic heterocycles. The Morgan fingerprint density at radius 1 is 1.20 bits per heavy atom. The zero-order valence-electron chi connectivity index (χ0n) is 12.1. The maximum Gasteiger partial charge on any atom is 0.156 e. The molecule has 20 heavy (non-hydrogen) atoms. The van der Waals surface area contributed by atoms with Crippen LogP contribution < -0.4 is 0 Å². The van der Waals surface area contributed by atoms with Crippen molar-refractivity contribution in [1.29, 1.82) is 0 Å². The van der Waals surface area contributed by atoms with Gasteiger partial charge in [0.1, 0.15) is 0 Å². The summed E-state index contributed by atoms with van der Waals surface area (Å²) in [4.78, 5) is 11.6. The van der Waals surface area contributed by atoms with Crippen LogP contribution in [0, 0.1) is 17.3 Å². The Morgan fingerprint density at radius 2 is 2.05 bits per heavy atom. The van der Waals surface area contributed by atoms with Crippen LogP contribution >= 0.6 is 0 Å². The van der Waals surface area contributed by atoms with Crippen molar-refractivity contribution in [2.45, 2.75) is 51.6 Å². The van der Waals surface area contributed by atoms with Gasteiger partial charge in [0.2, 0.25) is 0 Å². The number of carbonyl (C=O) groups is 1. The van der Waals surface area contributed by atoms with Gasteiger partial charge in [0.05, 0.1) is 6.10 Å². The van der Waals surface area contributed by atoms with Gasteiger partial charge in [0.25, 0.3) is 0 Å². The molecule has 0 aliphatic heterocycles. The van der Waals surface area contributed by atoms with Crippen LogP contribution in [-0.2, 0) is 4.79 Å². The van der Waals surface area contributed by atoms with Gasteiger partial charge in [0, 0.05) is 11.8 Å². The molecule has 1 saturated carbocycles. The third-order valence-corrected chi connectivity index (χ3v) is 6.19. The summed E-state index contributed by atoms with van der Waals surface area (Å²) in [5, 5.41) is 10.3. The van der Waals surface area contributed by atoms with E-state index < -0.39 is 0 Å². The van der Waals surface area contributed by atoms with Crippen LogP contribution in [0.3, 0.4) is 0 Å². The predicted molar refractivity (Wildman–Crippen MR) is 78.1 cm³/mol. The minimum Gasteiger partial charge on any atom is -0.392 e. The topological polar surface area (TPSA) is 37.3 Å². The van der Waals surface area contributed by atoms with Crippen molar-refractivity contribution in [2.75, 3.05) is 0 Å². The highest BCUT2D eigenvalue weighted by Gasteiger charge is 2.51. The number of ketones is 1. The summed E-state index contributed by atoms with van der Waals surface area (Å²) in [6.45, 7) is 2.23. The molecule has 0 radical (unpaired) electrons. The minimum atomic E-state index is -0.180. The van der Waals surface area contributed by atoms with E-state index in [2.05, 4.69) is 19.1 Å². The third kappa shape index (κ3) is 1.57. The molecule has 4 aliphatic carbocycles. The van der Waals surface area contributed by atoms with E-state index in [-0.39, 0.29) is 11.5 Å². The molecule has 0 aromatic carbocycles. The lowest BCUT2D eigenvalue weighted by Crippen LogP contribution is -2.39. The maximum atomic E-state index is 11.6. The smallest absolute Gasteiger partial charge is 0.156 e. The molecule has 0 spiro atoms. The van der Waals surface area contributed by atoms with E-state index in [0.29, 0.717) is 24.0 Å². The number of fused-ring (bicyclic) bond motifs is 4. The maximum absolute atomic E-state index is 11.6. The number of rotatable bonds is 0. The van der Waals surface area contributed by atoms with Gasteiger partial charge < -0.3 is 5.11 Å². The fourth-order valence-electron chi connectivity index (χ4n) is 4.99. The summed E-state index contributed by atoms with van der Waals surface area (Å²) in [6.07, 6.45) is 12.1. The average Bonchev–Trinajstić information content (AvgIpc) is 2.74. The highest BCUT2D eigenvalue weighted by molar-refractivity contribution is 5.93. The monoisotopic (exact) mass is 270 g/mol. The first kappa shape index (κ1) is 12.6. The van der Waals surface area contributed by atoms with Crippen LogP contribution in [0.2, 0.25) is 0 Å². The van der Waals surface area contributed by atoms with E-state index in [0.717, 1.165) is 32.1 Å². The first-order valence-corrected chi connectivity index (χ1v) is 7.94. The largest absolute Gasteiger partial charge is 0.392 e. The van der Waals surface area contributed by atoms with Gasteiger partial charge in [-0.3, -0.25) is 4.79 Å². The zero-order valence-corrected chi connectivity index (χ0v) is 12.1. The van der Waals surface area contributed by atoms with Crippen LogP contribution in [0.1, 0.15) is 45.4 Å². The van der Waals surface area contributed by atoms with Crippen molar-refractivity contribution >= 4 is 5.78 Å². The second-order valence-corrected chi connectivity index (χ2v) is 7.11. The lowest BCUT2D eigenvalue weighted by Gasteiger charge is -2.44. The molecule has 0 heterocycles. The summed E-state index contributed by atoms with van der Waals surface area (Å²) < 4.78 is 0. The predicted octanol–water partition coefficient (Wildman–Crippen LogP) is 3.33. The van der Waals surface area contributed by atoms with E-state index in [9.17, 15) is 9.90 Å². The van der Waals surface area contributed by atoms with Crippen molar-refractivity contribution in [1.82, 2.24) is 0 Å². The minimum absolute atomic E-state index is 0.0274. The Balaban J connectivity index is 1.82. The second-order valence-electron chi connectivity index (χ2n) is 7.11. The van der Waals surface area contributed by atoms with Gasteiger partial charge in [-0.2, -0.15) is 0 Å². The number of carbonyl (C=O) groups excluding carboxylic acids is 1. The number of aliphatic hydroxyl groups is 1. The fraction of sp³-hybridized carbons (Fsp3) is 0.611. The Morgan fingerprint density at radius 3 is 2.90 bits per heavy atom. The normalized spacial score (nSPS) is 43.0. The molecule has 0 saturated heterocycles. The van der Waals surface area contributed by atoms with Gasteiger partial charge >= 0.3 is 0 Å².